The van der Waals surface area contributed by atoms with E-state index in [1.165, 1.54) is 26.6 Å². The molecule has 0 aliphatic carbocycles. The molecule has 0 unspecified atom stereocenters. The molecule has 2 aliphatic heterocycles. The third-order valence-corrected chi connectivity index (χ3v) is 6.72. The molecule has 2 saturated heterocycles. The lowest BCUT2D eigenvalue weighted by atomic mass is 10.1. The van der Waals surface area contributed by atoms with Crippen LogP contribution in [0.1, 0.15) is 22.6 Å². The normalized spacial score (nSPS) is 22.4. The summed E-state index contributed by atoms with van der Waals surface area (Å²) in [6.45, 7) is 15.5. The van der Waals surface area contributed by atoms with Gasteiger partial charge in [-0.2, -0.15) is 0 Å². The molecule has 2 aliphatic rings. The van der Waals surface area contributed by atoms with Crippen LogP contribution in [0.2, 0.25) is 0 Å². The van der Waals surface area contributed by atoms with Crippen molar-refractivity contribution in [1.82, 2.24) is 10.1 Å². The average Bonchev–Trinajstić information content (AvgIpc) is 3.16. The number of hydrogen-bond donors (Lipinski definition) is 2. The Hall–Kier alpha value is -2.38. The first-order chi connectivity index (χ1) is 14.5. The zero-order chi connectivity index (χ0) is 21.1. The minimum Gasteiger partial charge on any atom is -0.368 e. The highest BCUT2D eigenvalue weighted by Gasteiger charge is 2.29. The number of carbonyl (C=O) groups is 1. The van der Waals surface area contributed by atoms with Crippen molar-refractivity contribution in [2.45, 2.75) is 27.3 Å². The van der Waals surface area contributed by atoms with Gasteiger partial charge in [0, 0.05) is 37.9 Å². The van der Waals surface area contributed by atoms with E-state index in [-0.39, 0.29) is 0 Å². The molecule has 1 aromatic heterocycles. The second-order valence-electron chi connectivity index (χ2n) is 8.87. The second kappa shape index (κ2) is 9.18. The van der Waals surface area contributed by atoms with E-state index in [0.717, 1.165) is 70.4 Å². The van der Waals surface area contributed by atoms with Gasteiger partial charge in [0.15, 0.2) is 6.54 Å². The van der Waals surface area contributed by atoms with Crippen LogP contribution in [0.25, 0.3) is 0 Å². The lowest BCUT2D eigenvalue weighted by Crippen LogP contribution is -3.28. The summed E-state index contributed by atoms with van der Waals surface area (Å²) in [6, 6.07) is 8.51. The zero-order valence-electron chi connectivity index (χ0n) is 18.5. The molecule has 7 nitrogen and oxygen atoms in total. The number of anilines is 1. The molecule has 0 spiro atoms. The molecule has 0 saturated carbocycles. The van der Waals surface area contributed by atoms with Gasteiger partial charge in [0.05, 0.1) is 0 Å². The molecular formula is C23H35N5O2+2. The Kier molecular flexibility index (Phi) is 6.39. The number of carbonyl (C=O) groups excluding carboxylic acids is 1. The maximum Gasteiger partial charge on any atom is 0.277 e. The van der Waals surface area contributed by atoms with Crippen molar-refractivity contribution in [3.05, 3.63) is 46.8 Å². The highest BCUT2D eigenvalue weighted by atomic mass is 16.5. The molecule has 30 heavy (non-hydrogen) atoms. The first kappa shape index (κ1) is 20.9. The molecule has 0 atom stereocenters. The molecule has 2 aromatic rings. The maximum absolute atomic E-state index is 12.9. The van der Waals surface area contributed by atoms with Gasteiger partial charge in [-0.1, -0.05) is 17.3 Å². The van der Waals surface area contributed by atoms with Gasteiger partial charge in [-0.3, -0.25) is 4.79 Å². The van der Waals surface area contributed by atoms with Crippen molar-refractivity contribution in [3.8, 4) is 0 Å². The van der Waals surface area contributed by atoms with Crippen molar-refractivity contribution in [2.75, 3.05) is 63.8 Å². The van der Waals surface area contributed by atoms with Gasteiger partial charge in [-0.15, -0.1) is 0 Å². The van der Waals surface area contributed by atoms with Crippen LogP contribution >= 0.6 is 0 Å². The lowest BCUT2D eigenvalue weighted by Gasteiger charge is -2.37. The largest absolute Gasteiger partial charge is 0.368 e. The van der Waals surface area contributed by atoms with Crippen LogP contribution < -0.4 is 14.7 Å². The van der Waals surface area contributed by atoms with Gasteiger partial charge in [0.25, 0.3) is 5.91 Å². The van der Waals surface area contributed by atoms with Crippen molar-refractivity contribution in [3.63, 3.8) is 0 Å². The Morgan fingerprint density at radius 3 is 2.40 bits per heavy atom. The highest BCUT2D eigenvalue weighted by Crippen LogP contribution is 2.23. The van der Waals surface area contributed by atoms with Gasteiger partial charge in [0.1, 0.15) is 44.2 Å². The Morgan fingerprint density at radius 2 is 1.73 bits per heavy atom. The van der Waals surface area contributed by atoms with E-state index in [1.807, 2.05) is 13.0 Å². The number of hydrogen-bond acceptors (Lipinski definition) is 4. The van der Waals surface area contributed by atoms with E-state index < -0.39 is 0 Å². The smallest absolute Gasteiger partial charge is 0.277 e. The molecule has 0 bridgehead atoms. The number of piperazine rings is 2. The van der Waals surface area contributed by atoms with Gasteiger partial charge in [-0.25, -0.2) is 0 Å². The highest BCUT2D eigenvalue weighted by molar-refractivity contribution is 5.77. The van der Waals surface area contributed by atoms with Crippen LogP contribution in [-0.4, -0.2) is 74.9 Å². The molecule has 3 heterocycles. The predicted octanol–water partition coefficient (Wildman–Crippen LogP) is -0.768. The number of amides is 1. The number of aryl methyl sites for hydroxylation is 2. The summed E-state index contributed by atoms with van der Waals surface area (Å²) >= 11 is 0. The van der Waals surface area contributed by atoms with Gasteiger partial charge < -0.3 is 24.1 Å². The summed E-state index contributed by atoms with van der Waals surface area (Å²) in [5, 5.41) is 4.11. The van der Waals surface area contributed by atoms with Crippen LogP contribution in [-0.2, 0) is 11.3 Å². The van der Waals surface area contributed by atoms with E-state index in [9.17, 15) is 4.79 Å². The molecule has 0 radical (unpaired) electrons. The van der Waals surface area contributed by atoms with Crippen LogP contribution in [0.15, 0.2) is 28.8 Å². The zero-order valence-corrected chi connectivity index (χ0v) is 18.5. The first-order valence-electron chi connectivity index (χ1n) is 11.2. The van der Waals surface area contributed by atoms with Gasteiger partial charge in [-0.05, 0) is 38.0 Å². The fraction of sp³-hybridized carbons (Fsp3) is 0.565. The van der Waals surface area contributed by atoms with Gasteiger partial charge >= 0.3 is 0 Å². The Labute approximate surface area is 179 Å². The molecule has 2 fully saturated rings. The Balaban J connectivity index is 1.21. The maximum atomic E-state index is 12.9. The summed E-state index contributed by atoms with van der Waals surface area (Å²) < 4.78 is 5.17. The standard InChI is InChI=1S/C23H33N5O2/c1-18-5-4-6-22(20(18)3)27-11-13-28(14-12-27)23(29)17-26-9-7-25(8-10-26)16-21-15-19(2)30-24-21/h4-6,15H,7-14,16-17H2,1-3H3/p+2. The van der Waals surface area contributed by atoms with Crippen molar-refractivity contribution in [2.24, 2.45) is 0 Å². The van der Waals surface area contributed by atoms with Crippen LogP contribution in [0, 0.1) is 20.8 Å². The number of rotatable bonds is 5. The molecule has 162 valence electrons. The Bertz CT molecular complexity index is 864. The van der Waals surface area contributed by atoms with E-state index in [0.29, 0.717) is 12.5 Å². The summed E-state index contributed by atoms with van der Waals surface area (Å²) in [6.07, 6.45) is 0. The predicted molar refractivity (Wildman–Crippen MR) is 116 cm³/mol. The lowest BCUT2D eigenvalue weighted by molar-refractivity contribution is -1.02. The van der Waals surface area contributed by atoms with Crippen molar-refractivity contribution in [1.29, 1.82) is 0 Å². The number of nitrogens with zero attached hydrogens (tertiary/aromatic N) is 3. The molecule has 2 N–H and O–H groups in total. The number of aromatic nitrogens is 1. The molecule has 1 aromatic carbocycles. The third-order valence-electron chi connectivity index (χ3n) is 6.72. The van der Waals surface area contributed by atoms with E-state index >= 15 is 0 Å². The fourth-order valence-corrected chi connectivity index (χ4v) is 4.67. The quantitative estimate of drug-likeness (QED) is 0.676. The number of nitrogens with one attached hydrogen (secondary N) is 2. The van der Waals surface area contributed by atoms with Crippen LogP contribution in [0.4, 0.5) is 5.69 Å². The average molecular weight is 414 g/mol. The minimum absolute atomic E-state index is 0.307. The number of quaternary nitrogens is 2. The Morgan fingerprint density at radius 1 is 1.03 bits per heavy atom. The van der Waals surface area contributed by atoms with E-state index in [1.54, 1.807) is 0 Å². The number of benzene rings is 1. The topological polar surface area (TPSA) is 58.5 Å². The summed E-state index contributed by atoms with van der Waals surface area (Å²) in [5.74, 6) is 1.18. The minimum atomic E-state index is 0.307. The van der Waals surface area contributed by atoms with E-state index in [4.69, 9.17) is 4.52 Å². The second-order valence-corrected chi connectivity index (χ2v) is 8.87. The molecule has 4 rings (SSSR count). The summed E-state index contributed by atoms with van der Waals surface area (Å²) in [4.78, 5) is 20.3. The van der Waals surface area contributed by atoms with E-state index in [2.05, 4.69) is 47.0 Å². The molecule has 7 heteroatoms. The monoisotopic (exact) mass is 413 g/mol. The van der Waals surface area contributed by atoms with Crippen molar-refractivity contribution < 1.29 is 19.1 Å². The van der Waals surface area contributed by atoms with Crippen LogP contribution in [0.3, 0.4) is 0 Å². The third kappa shape index (κ3) is 4.84. The van der Waals surface area contributed by atoms with Crippen LogP contribution in [0.5, 0.6) is 0 Å². The van der Waals surface area contributed by atoms with Crippen molar-refractivity contribution >= 4 is 11.6 Å². The molecule has 1 amide bonds. The molecular weight excluding hydrogens is 378 g/mol. The fourth-order valence-electron chi connectivity index (χ4n) is 4.67. The first-order valence-corrected chi connectivity index (χ1v) is 11.2. The SMILES string of the molecule is Cc1cc(C[NH+]2CC[NH+](CC(=O)N3CCN(c4cccc(C)c4C)CC3)CC2)no1. The summed E-state index contributed by atoms with van der Waals surface area (Å²) in [5.41, 5.74) is 5.02. The summed E-state index contributed by atoms with van der Waals surface area (Å²) in [7, 11) is 0. The van der Waals surface area contributed by atoms with Gasteiger partial charge in [0.2, 0.25) is 0 Å².